The second-order valence-electron chi connectivity index (χ2n) is 10.2. The third kappa shape index (κ3) is 20.2. The van der Waals surface area contributed by atoms with Crippen LogP contribution >= 0.6 is 0 Å². The molecule has 5 N–H and O–H groups in total. The number of hydrogen-bond donors (Lipinski definition) is 4. The first kappa shape index (κ1) is 43.3. The summed E-state index contributed by atoms with van der Waals surface area (Å²) >= 11 is 0. The Balaban J connectivity index is 0. The van der Waals surface area contributed by atoms with E-state index >= 15 is 0 Å². The molecule has 0 heterocycles. The third-order valence-electron chi connectivity index (χ3n) is 5.93. The van der Waals surface area contributed by atoms with E-state index < -0.39 is 23.6 Å². The van der Waals surface area contributed by atoms with Gasteiger partial charge in [0.05, 0.1) is 52.4 Å². The van der Waals surface area contributed by atoms with Gasteiger partial charge in [-0.1, -0.05) is 6.92 Å². The fourth-order valence-electron chi connectivity index (χ4n) is 3.08. The standard InChI is InChI=1S/C15H29N5O4.C12H21N5O5/c1-6-16-8-13(22)19(4)10-15(24)20(5)11-14(23)18(3)9-12(21)17-7-2;1-15(8-18)6-11(21)17(3)7-12(22)16(2)5-10(20)14-4-9(13)19/h16H,6-11H2,1-5H3,(H,17,21);8H,4-7H2,1-3H3,(H2,13,19)(H,14,20). The molecule has 0 aromatic heterocycles. The maximum Gasteiger partial charge on any atom is 0.242 e. The van der Waals surface area contributed by atoms with Crippen LogP contribution in [0.3, 0.4) is 0 Å². The molecule has 0 aromatic carbocycles. The summed E-state index contributed by atoms with van der Waals surface area (Å²) in [6.45, 7) is 3.74. The van der Waals surface area contributed by atoms with Gasteiger partial charge in [-0.25, -0.2) is 0 Å². The van der Waals surface area contributed by atoms with Crippen molar-refractivity contribution < 1.29 is 43.2 Å². The van der Waals surface area contributed by atoms with E-state index in [9.17, 15) is 43.2 Å². The SMILES string of the molecule is CCNCC(=O)N(C)CC(=O)N(C)CC(=O)N(C)CC(=O)NCC.CN(C=O)CC(=O)N(C)CC(=O)N(C)CC(=O)NCC(N)=O. The van der Waals surface area contributed by atoms with E-state index in [1.54, 1.807) is 6.92 Å². The molecule has 0 saturated carbocycles. The highest BCUT2D eigenvalue weighted by Crippen LogP contribution is 1.95. The van der Waals surface area contributed by atoms with Gasteiger partial charge in [0.2, 0.25) is 53.7 Å². The predicted octanol–water partition coefficient (Wildman–Crippen LogP) is -5.30. The second-order valence-corrected chi connectivity index (χ2v) is 10.2. The van der Waals surface area contributed by atoms with Crippen molar-refractivity contribution in [1.82, 2.24) is 45.3 Å². The number of nitrogens with zero attached hydrogens (tertiary/aromatic N) is 6. The number of nitrogens with one attached hydrogen (secondary N) is 3. The monoisotopic (exact) mass is 658 g/mol. The van der Waals surface area contributed by atoms with Crippen LogP contribution in [0.5, 0.6) is 0 Å². The molecular weight excluding hydrogens is 608 g/mol. The lowest BCUT2D eigenvalue weighted by molar-refractivity contribution is -0.142. The Morgan fingerprint density at radius 2 is 0.891 bits per heavy atom. The zero-order valence-electron chi connectivity index (χ0n) is 28.1. The number of likely N-dealkylation sites (N-methyl/N-ethyl adjacent to an activating group) is 8. The Bertz CT molecular complexity index is 1070. The van der Waals surface area contributed by atoms with Crippen LogP contribution in [0.4, 0.5) is 0 Å². The van der Waals surface area contributed by atoms with Crippen LogP contribution in [0, 0.1) is 0 Å². The van der Waals surface area contributed by atoms with Crippen LogP contribution in [0.25, 0.3) is 0 Å². The summed E-state index contributed by atoms with van der Waals surface area (Å²) in [4.78, 5) is 110. The van der Waals surface area contributed by atoms with Crippen molar-refractivity contribution in [2.45, 2.75) is 13.8 Å². The molecular formula is C27H50N10O9. The van der Waals surface area contributed by atoms with Crippen molar-refractivity contribution in [2.75, 3.05) is 108 Å². The fourth-order valence-corrected chi connectivity index (χ4v) is 3.08. The topological polar surface area (TPSA) is 235 Å². The van der Waals surface area contributed by atoms with Crippen molar-refractivity contribution in [3.8, 4) is 0 Å². The van der Waals surface area contributed by atoms with Crippen molar-refractivity contribution >= 4 is 53.7 Å². The molecule has 0 radical (unpaired) electrons. The van der Waals surface area contributed by atoms with Crippen LogP contribution < -0.4 is 21.7 Å². The Kier molecular flexibility index (Phi) is 22.2. The lowest BCUT2D eigenvalue weighted by atomic mass is 10.4. The molecule has 0 rings (SSSR count). The third-order valence-corrected chi connectivity index (χ3v) is 5.93. The summed E-state index contributed by atoms with van der Waals surface area (Å²) in [6, 6.07) is 0. The van der Waals surface area contributed by atoms with E-state index in [1.807, 2.05) is 6.92 Å². The minimum Gasteiger partial charge on any atom is -0.368 e. The van der Waals surface area contributed by atoms with Crippen molar-refractivity contribution in [2.24, 2.45) is 5.73 Å². The van der Waals surface area contributed by atoms with E-state index in [0.29, 0.717) is 19.5 Å². The average molecular weight is 659 g/mol. The Labute approximate surface area is 269 Å². The van der Waals surface area contributed by atoms with Gasteiger partial charge in [0.25, 0.3) is 0 Å². The van der Waals surface area contributed by atoms with E-state index in [0.717, 1.165) is 14.7 Å². The Morgan fingerprint density at radius 3 is 1.26 bits per heavy atom. The van der Waals surface area contributed by atoms with Crippen LogP contribution in [-0.4, -0.2) is 191 Å². The van der Waals surface area contributed by atoms with E-state index in [1.165, 1.54) is 57.0 Å². The minimum atomic E-state index is -0.688. The highest BCUT2D eigenvalue weighted by Gasteiger charge is 2.21. The first-order chi connectivity index (χ1) is 21.4. The Morgan fingerprint density at radius 1 is 0.522 bits per heavy atom. The predicted molar refractivity (Wildman–Crippen MR) is 166 cm³/mol. The molecule has 0 fully saturated rings. The van der Waals surface area contributed by atoms with Crippen LogP contribution in [0.1, 0.15) is 13.8 Å². The fraction of sp³-hybridized carbons (Fsp3) is 0.667. The highest BCUT2D eigenvalue weighted by molar-refractivity contribution is 5.91. The molecule has 0 spiro atoms. The summed E-state index contributed by atoms with van der Waals surface area (Å²) in [5, 5.41) is 7.74. The zero-order chi connectivity index (χ0) is 36.0. The van der Waals surface area contributed by atoms with Gasteiger partial charge in [0.1, 0.15) is 0 Å². The van der Waals surface area contributed by atoms with Crippen LogP contribution in [0.2, 0.25) is 0 Å². The molecule has 262 valence electrons. The summed E-state index contributed by atoms with van der Waals surface area (Å²) in [5.41, 5.74) is 4.87. The molecule has 0 aliphatic carbocycles. The van der Waals surface area contributed by atoms with Crippen LogP contribution in [-0.2, 0) is 43.2 Å². The number of carbonyl (C=O) groups excluding carboxylic acids is 9. The van der Waals surface area contributed by atoms with Gasteiger partial charge >= 0.3 is 0 Å². The normalized spacial score (nSPS) is 9.83. The molecule has 19 heteroatoms. The molecule has 0 saturated heterocycles. The van der Waals surface area contributed by atoms with Gasteiger partial charge in [-0.2, -0.15) is 0 Å². The second kappa shape index (κ2) is 23.6. The summed E-state index contributed by atoms with van der Waals surface area (Å²) in [5.74, 6) is -3.24. The van der Waals surface area contributed by atoms with E-state index in [2.05, 4.69) is 16.0 Å². The number of rotatable bonds is 19. The van der Waals surface area contributed by atoms with Crippen molar-refractivity contribution in [1.29, 1.82) is 0 Å². The maximum absolute atomic E-state index is 12.1. The van der Waals surface area contributed by atoms with Gasteiger partial charge in [-0.05, 0) is 13.5 Å². The van der Waals surface area contributed by atoms with Crippen molar-refractivity contribution in [3.63, 3.8) is 0 Å². The molecule has 0 unspecified atom stereocenters. The average Bonchev–Trinajstić information content (AvgIpc) is 2.98. The molecule has 0 atom stereocenters. The molecule has 46 heavy (non-hydrogen) atoms. The number of amides is 9. The van der Waals surface area contributed by atoms with E-state index in [4.69, 9.17) is 5.73 Å². The summed E-state index contributed by atoms with van der Waals surface area (Å²) in [6.07, 6.45) is 0.503. The highest BCUT2D eigenvalue weighted by atomic mass is 16.2. The molecule has 0 aromatic rings. The number of nitrogens with two attached hydrogens (primary N) is 1. The molecule has 0 bridgehead atoms. The maximum atomic E-state index is 12.1. The van der Waals surface area contributed by atoms with Gasteiger partial charge in [-0.15, -0.1) is 0 Å². The largest absolute Gasteiger partial charge is 0.368 e. The van der Waals surface area contributed by atoms with E-state index in [-0.39, 0.29) is 76.0 Å². The Hall–Kier alpha value is -4.81. The first-order valence-corrected chi connectivity index (χ1v) is 14.3. The number of carbonyl (C=O) groups is 9. The smallest absolute Gasteiger partial charge is 0.242 e. The molecule has 9 amide bonds. The number of primary amides is 1. The lowest BCUT2D eigenvalue weighted by Gasteiger charge is -2.24. The molecule has 0 aliphatic heterocycles. The lowest BCUT2D eigenvalue weighted by Crippen LogP contribution is -2.47. The molecule has 19 nitrogen and oxygen atoms in total. The van der Waals surface area contributed by atoms with Crippen molar-refractivity contribution in [3.05, 3.63) is 0 Å². The number of hydrogen-bond acceptors (Lipinski definition) is 10. The van der Waals surface area contributed by atoms with Gasteiger partial charge in [0.15, 0.2) is 0 Å². The van der Waals surface area contributed by atoms with Crippen LogP contribution in [0.15, 0.2) is 0 Å². The summed E-state index contributed by atoms with van der Waals surface area (Å²) < 4.78 is 0. The van der Waals surface area contributed by atoms with Gasteiger partial charge in [0, 0.05) is 48.8 Å². The first-order valence-electron chi connectivity index (χ1n) is 14.3. The molecule has 0 aliphatic rings. The summed E-state index contributed by atoms with van der Waals surface area (Å²) in [7, 11) is 8.77. The minimum absolute atomic E-state index is 0.0597. The quantitative estimate of drug-likeness (QED) is 0.0962. The van der Waals surface area contributed by atoms with Gasteiger partial charge < -0.3 is 51.1 Å². The zero-order valence-corrected chi connectivity index (χ0v) is 28.1. The van der Waals surface area contributed by atoms with Gasteiger partial charge in [-0.3, -0.25) is 43.2 Å².